The highest BCUT2D eigenvalue weighted by atomic mass is 16.4. The van der Waals surface area contributed by atoms with E-state index in [0.29, 0.717) is 5.57 Å². The average molecular weight is 239 g/mol. The zero-order valence-corrected chi connectivity index (χ0v) is 10.7. The number of rotatable bonds is 3. The number of carboxylic acids is 1. The highest BCUT2D eigenvalue weighted by molar-refractivity contribution is 6.01. The summed E-state index contributed by atoms with van der Waals surface area (Å²) in [4.78, 5) is 22.5. The molecule has 0 heterocycles. The van der Waals surface area contributed by atoms with Gasteiger partial charge in [0, 0.05) is 17.2 Å². The van der Waals surface area contributed by atoms with E-state index in [-0.39, 0.29) is 17.5 Å². The molecule has 0 bridgehead atoms. The van der Waals surface area contributed by atoms with Crippen LogP contribution in [0.15, 0.2) is 11.1 Å². The van der Waals surface area contributed by atoms with E-state index in [0.717, 1.165) is 31.6 Å². The molecule has 0 aromatic heterocycles. The SMILES string of the molecule is CC(C(=O)O)=C(C)C(=O)NC1CCC(C)CC1. The van der Waals surface area contributed by atoms with Crippen molar-refractivity contribution >= 4 is 11.9 Å². The number of nitrogens with one attached hydrogen (secondary N) is 1. The molecule has 4 nitrogen and oxygen atoms in total. The number of aliphatic carboxylic acids is 1. The Hall–Kier alpha value is -1.32. The Morgan fingerprint density at radius 1 is 1.06 bits per heavy atom. The van der Waals surface area contributed by atoms with Crippen molar-refractivity contribution in [3.8, 4) is 0 Å². The van der Waals surface area contributed by atoms with E-state index in [4.69, 9.17) is 5.11 Å². The van der Waals surface area contributed by atoms with Crippen molar-refractivity contribution in [1.29, 1.82) is 0 Å². The van der Waals surface area contributed by atoms with E-state index in [1.54, 1.807) is 6.92 Å². The first-order chi connectivity index (χ1) is 7.91. The predicted octanol–water partition coefficient (Wildman–Crippen LogP) is 2.10. The van der Waals surface area contributed by atoms with Crippen molar-refractivity contribution in [1.82, 2.24) is 5.32 Å². The summed E-state index contributed by atoms with van der Waals surface area (Å²) in [6.07, 6.45) is 4.25. The molecule has 1 aliphatic carbocycles. The van der Waals surface area contributed by atoms with Crippen LogP contribution >= 0.6 is 0 Å². The Morgan fingerprint density at radius 3 is 2.06 bits per heavy atom. The van der Waals surface area contributed by atoms with Gasteiger partial charge < -0.3 is 10.4 Å². The Bertz CT molecular complexity index is 339. The van der Waals surface area contributed by atoms with E-state index in [9.17, 15) is 9.59 Å². The van der Waals surface area contributed by atoms with Gasteiger partial charge in [-0.15, -0.1) is 0 Å². The van der Waals surface area contributed by atoms with Gasteiger partial charge >= 0.3 is 5.97 Å². The molecule has 0 atom stereocenters. The van der Waals surface area contributed by atoms with Crippen LogP contribution in [0, 0.1) is 5.92 Å². The zero-order chi connectivity index (χ0) is 13.0. The molecule has 2 N–H and O–H groups in total. The molecule has 17 heavy (non-hydrogen) atoms. The second-order valence-electron chi connectivity index (χ2n) is 4.99. The molecule has 0 saturated heterocycles. The number of hydrogen-bond donors (Lipinski definition) is 2. The topological polar surface area (TPSA) is 66.4 Å². The van der Waals surface area contributed by atoms with Gasteiger partial charge in [0.1, 0.15) is 0 Å². The molecular weight excluding hydrogens is 218 g/mol. The summed E-state index contributed by atoms with van der Waals surface area (Å²) in [5.41, 5.74) is 0.419. The van der Waals surface area contributed by atoms with Crippen molar-refractivity contribution in [3.63, 3.8) is 0 Å². The molecule has 1 fully saturated rings. The van der Waals surface area contributed by atoms with Gasteiger partial charge in [-0.2, -0.15) is 0 Å². The standard InChI is InChI=1S/C13H21NO3/c1-8-4-6-11(7-5-8)14-12(15)9(2)10(3)13(16)17/h8,11H,4-7H2,1-3H3,(H,14,15)(H,16,17). The number of carboxylic acid groups (broad SMARTS) is 1. The van der Waals surface area contributed by atoms with E-state index in [1.165, 1.54) is 6.92 Å². The Kier molecular flexibility index (Phi) is 4.73. The molecule has 4 heteroatoms. The number of amides is 1. The van der Waals surface area contributed by atoms with Crippen LogP contribution in [0.25, 0.3) is 0 Å². The summed E-state index contributed by atoms with van der Waals surface area (Å²) in [6.45, 7) is 5.24. The maximum absolute atomic E-state index is 11.8. The summed E-state index contributed by atoms with van der Waals surface area (Å²) < 4.78 is 0. The van der Waals surface area contributed by atoms with E-state index in [2.05, 4.69) is 12.2 Å². The Balaban J connectivity index is 2.55. The lowest BCUT2D eigenvalue weighted by molar-refractivity contribution is -0.133. The average Bonchev–Trinajstić information content (AvgIpc) is 2.30. The van der Waals surface area contributed by atoms with E-state index in [1.807, 2.05) is 0 Å². The Labute approximate surface area is 102 Å². The van der Waals surface area contributed by atoms with Gasteiger partial charge in [0.05, 0.1) is 0 Å². The molecule has 0 radical (unpaired) electrons. The fourth-order valence-electron chi connectivity index (χ4n) is 2.03. The number of carbonyl (C=O) groups excluding carboxylic acids is 1. The molecule has 1 aliphatic rings. The molecule has 0 unspecified atom stereocenters. The van der Waals surface area contributed by atoms with Crippen LogP contribution in [0.1, 0.15) is 46.5 Å². The summed E-state index contributed by atoms with van der Waals surface area (Å²) >= 11 is 0. The van der Waals surface area contributed by atoms with E-state index < -0.39 is 5.97 Å². The van der Waals surface area contributed by atoms with Crippen LogP contribution in [0.5, 0.6) is 0 Å². The summed E-state index contributed by atoms with van der Waals surface area (Å²) in [5.74, 6) is -0.542. The lowest BCUT2D eigenvalue weighted by Crippen LogP contribution is -2.38. The minimum Gasteiger partial charge on any atom is -0.478 e. The second-order valence-corrected chi connectivity index (χ2v) is 4.99. The highest BCUT2D eigenvalue weighted by Crippen LogP contribution is 2.23. The van der Waals surface area contributed by atoms with Gasteiger partial charge in [-0.1, -0.05) is 6.92 Å². The molecule has 1 saturated carbocycles. The third kappa shape index (κ3) is 3.88. The van der Waals surface area contributed by atoms with Crippen molar-refractivity contribution in [3.05, 3.63) is 11.1 Å². The van der Waals surface area contributed by atoms with Gasteiger partial charge in [-0.25, -0.2) is 4.79 Å². The number of hydrogen-bond acceptors (Lipinski definition) is 2. The molecule has 0 spiro atoms. The Morgan fingerprint density at radius 2 is 1.59 bits per heavy atom. The van der Waals surface area contributed by atoms with Crippen molar-refractivity contribution in [2.24, 2.45) is 5.92 Å². The molecule has 1 amide bonds. The van der Waals surface area contributed by atoms with Crippen molar-refractivity contribution in [2.45, 2.75) is 52.5 Å². The van der Waals surface area contributed by atoms with Gasteiger partial charge in [-0.05, 0) is 45.4 Å². The minimum atomic E-state index is -1.03. The van der Waals surface area contributed by atoms with Gasteiger partial charge in [0.25, 0.3) is 0 Å². The molecular formula is C13H21NO3. The monoisotopic (exact) mass is 239 g/mol. The van der Waals surface area contributed by atoms with Crippen LogP contribution in [0.2, 0.25) is 0 Å². The van der Waals surface area contributed by atoms with Gasteiger partial charge in [0.2, 0.25) is 5.91 Å². The van der Waals surface area contributed by atoms with Crippen LogP contribution < -0.4 is 5.32 Å². The maximum atomic E-state index is 11.8. The maximum Gasteiger partial charge on any atom is 0.331 e. The third-order valence-corrected chi connectivity index (χ3v) is 3.57. The fraction of sp³-hybridized carbons (Fsp3) is 0.692. The quantitative estimate of drug-likeness (QED) is 0.741. The highest BCUT2D eigenvalue weighted by Gasteiger charge is 2.21. The lowest BCUT2D eigenvalue weighted by atomic mass is 9.87. The first kappa shape index (κ1) is 13.7. The van der Waals surface area contributed by atoms with Gasteiger partial charge in [-0.3, -0.25) is 4.79 Å². The second kappa shape index (κ2) is 5.84. The molecule has 1 rings (SSSR count). The summed E-state index contributed by atoms with van der Waals surface area (Å²) in [7, 11) is 0. The fourth-order valence-corrected chi connectivity index (χ4v) is 2.03. The molecule has 96 valence electrons. The molecule has 0 aromatic rings. The molecule has 0 aromatic carbocycles. The zero-order valence-electron chi connectivity index (χ0n) is 10.7. The minimum absolute atomic E-state index is 0.117. The molecule has 0 aliphatic heterocycles. The van der Waals surface area contributed by atoms with Crippen LogP contribution in [-0.4, -0.2) is 23.0 Å². The largest absolute Gasteiger partial charge is 0.478 e. The van der Waals surface area contributed by atoms with Crippen LogP contribution in [0.4, 0.5) is 0 Å². The smallest absolute Gasteiger partial charge is 0.331 e. The lowest BCUT2D eigenvalue weighted by Gasteiger charge is -2.27. The number of carbonyl (C=O) groups is 2. The van der Waals surface area contributed by atoms with Crippen LogP contribution in [0.3, 0.4) is 0 Å². The van der Waals surface area contributed by atoms with Crippen molar-refractivity contribution < 1.29 is 14.7 Å². The van der Waals surface area contributed by atoms with Crippen molar-refractivity contribution in [2.75, 3.05) is 0 Å². The first-order valence-corrected chi connectivity index (χ1v) is 6.13. The predicted molar refractivity (Wildman–Crippen MR) is 65.6 cm³/mol. The van der Waals surface area contributed by atoms with Crippen LogP contribution in [-0.2, 0) is 9.59 Å². The summed E-state index contributed by atoms with van der Waals surface area (Å²) in [5, 5.41) is 11.7. The summed E-state index contributed by atoms with van der Waals surface area (Å²) in [6, 6.07) is 0.204. The first-order valence-electron chi connectivity index (χ1n) is 6.13. The third-order valence-electron chi connectivity index (χ3n) is 3.57. The normalized spacial score (nSPS) is 26.1. The van der Waals surface area contributed by atoms with E-state index >= 15 is 0 Å². The van der Waals surface area contributed by atoms with Gasteiger partial charge in [0.15, 0.2) is 0 Å².